The van der Waals surface area contributed by atoms with Crippen molar-refractivity contribution in [1.29, 1.82) is 0 Å². The summed E-state index contributed by atoms with van der Waals surface area (Å²) in [5, 5.41) is 4.15. The highest BCUT2D eigenvalue weighted by atomic mass is 16.5. The van der Waals surface area contributed by atoms with Crippen LogP contribution in [0.2, 0.25) is 0 Å². The topological polar surface area (TPSA) is 61.3 Å². The van der Waals surface area contributed by atoms with E-state index in [1.165, 1.54) is 19.3 Å². The number of aryl methyl sites for hydroxylation is 1. The van der Waals surface area contributed by atoms with Crippen LogP contribution in [0, 0.1) is 12.8 Å². The van der Waals surface area contributed by atoms with Gasteiger partial charge in [-0.3, -0.25) is 0 Å². The average Bonchev–Trinajstić information content (AvgIpc) is 2.76. The molecular weight excluding hydrogens is 252 g/mol. The van der Waals surface area contributed by atoms with E-state index in [0.717, 1.165) is 40.5 Å². The number of anilines is 1. The molecule has 3 rings (SSSR count). The molecule has 1 saturated carbocycles. The molecule has 0 spiro atoms. The maximum Gasteiger partial charge on any atom is 0.230 e. The third kappa shape index (κ3) is 2.26. The van der Waals surface area contributed by atoms with Gasteiger partial charge in [0.25, 0.3) is 0 Å². The van der Waals surface area contributed by atoms with Gasteiger partial charge in [-0.1, -0.05) is 36.6 Å². The zero-order chi connectivity index (χ0) is 14.1. The molecule has 1 heterocycles. The fraction of sp³-hybridized carbons (Fsp3) is 0.438. The largest absolute Gasteiger partial charge is 0.496 e. The Balaban J connectivity index is 1.97. The number of rotatable bonds is 4. The SMILES string of the molecule is COc1cc(-c2c(CC3CCC3)noc2N)ccc1C. The molecule has 0 atom stereocenters. The summed E-state index contributed by atoms with van der Waals surface area (Å²) < 4.78 is 10.6. The van der Waals surface area contributed by atoms with Gasteiger partial charge >= 0.3 is 0 Å². The number of benzene rings is 1. The van der Waals surface area contributed by atoms with Crippen LogP contribution in [0.4, 0.5) is 5.88 Å². The van der Waals surface area contributed by atoms with Crippen LogP contribution in [0.1, 0.15) is 30.5 Å². The summed E-state index contributed by atoms with van der Waals surface area (Å²) in [4.78, 5) is 0. The molecule has 0 bridgehead atoms. The number of nitrogen functional groups attached to an aromatic ring is 1. The molecule has 0 radical (unpaired) electrons. The van der Waals surface area contributed by atoms with Gasteiger partial charge in [-0.2, -0.15) is 0 Å². The van der Waals surface area contributed by atoms with Crippen molar-refractivity contribution in [1.82, 2.24) is 5.16 Å². The van der Waals surface area contributed by atoms with Gasteiger partial charge in [0, 0.05) is 0 Å². The van der Waals surface area contributed by atoms with E-state index < -0.39 is 0 Å². The Morgan fingerprint density at radius 1 is 1.40 bits per heavy atom. The minimum Gasteiger partial charge on any atom is -0.496 e. The van der Waals surface area contributed by atoms with Gasteiger partial charge in [0.15, 0.2) is 0 Å². The Hall–Kier alpha value is -1.97. The number of aromatic nitrogens is 1. The van der Waals surface area contributed by atoms with Crippen LogP contribution in [-0.4, -0.2) is 12.3 Å². The molecule has 1 fully saturated rings. The first-order valence-corrected chi connectivity index (χ1v) is 7.08. The third-order valence-electron chi connectivity index (χ3n) is 4.19. The molecule has 0 unspecified atom stereocenters. The molecular formula is C16H20N2O2. The van der Waals surface area contributed by atoms with E-state index in [2.05, 4.69) is 5.16 Å². The van der Waals surface area contributed by atoms with Gasteiger partial charge in [0.2, 0.25) is 5.88 Å². The Kier molecular flexibility index (Phi) is 3.38. The standard InChI is InChI=1S/C16H20N2O2/c1-10-6-7-12(9-14(10)19-2)15-13(18-20-16(15)17)8-11-4-3-5-11/h6-7,9,11H,3-5,8,17H2,1-2H3. The van der Waals surface area contributed by atoms with E-state index in [1.807, 2.05) is 25.1 Å². The molecule has 20 heavy (non-hydrogen) atoms. The van der Waals surface area contributed by atoms with Crippen molar-refractivity contribution >= 4 is 5.88 Å². The summed E-state index contributed by atoms with van der Waals surface area (Å²) in [5.74, 6) is 1.98. The first-order chi connectivity index (χ1) is 9.69. The Morgan fingerprint density at radius 2 is 2.20 bits per heavy atom. The van der Waals surface area contributed by atoms with Crippen molar-refractivity contribution in [2.24, 2.45) is 5.92 Å². The number of methoxy groups -OCH3 is 1. The predicted molar refractivity (Wildman–Crippen MR) is 78.7 cm³/mol. The lowest BCUT2D eigenvalue weighted by atomic mass is 9.81. The summed E-state index contributed by atoms with van der Waals surface area (Å²) in [6, 6.07) is 6.08. The number of ether oxygens (including phenoxy) is 1. The monoisotopic (exact) mass is 272 g/mol. The molecule has 4 heteroatoms. The number of nitrogens with zero attached hydrogens (tertiary/aromatic N) is 1. The summed E-state index contributed by atoms with van der Waals surface area (Å²) in [6.07, 6.45) is 4.84. The van der Waals surface area contributed by atoms with Gasteiger partial charge in [-0.05, 0) is 36.5 Å². The normalized spacial score (nSPS) is 15.1. The van der Waals surface area contributed by atoms with Gasteiger partial charge in [0.05, 0.1) is 18.4 Å². The van der Waals surface area contributed by atoms with Crippen molar-refractivity contribution < 1.29 is 9.26 Å². The Morgan fingerprint density at radius 3 is 2.85 bits per heavy atom. The first kappa shape index (κ1) is 13.0. The summed E-state index contributed by atoms with van der Waals surface area (Å²) in [7, 11) is 1.68. The van der Waals surface area contributed by atoms with E-state index in [-0.39, 0.29) is 0 Å². The highest BCUT2D eigenvalue weighted by molar-refractivity contribution is 5.76. The van der Waals surface area contributed by atoms with E-state index in [0.29, 0.717) is 5.88 Å². The number of nitrogens with two attached hydrogens (primary N) is 1. The fourth-order valence-corrected chi connectivity index (χ4v) is 2.73. The smallest absolute Gasteiger partial charge is 0.230 e. The zero-order valence-electron chi connectivity index (χ0n) is 12.0. The molecule has 4 nitrogen and oxygen atoms in total. The number of hydrogen-bond acceptors (Lipinski definition) is 4. The fourth-order valence-electron chi connectivity index (χ4n) is 2.73. The highest BCUT2D eigenvalue weighted by Crippen LogP contribution is 2.37. The van der Waals surface area contributed by atoms with Crippen LogP contribution in [0.3, 0.4) is 0 Å². The molecule has 0 saturated heterocycles. The Bertz CT molecular complexity index is 615. The van der Waals surface area contributed by atoms with E-state index in [9.17, 15) is 0 Å². The quantitative estimate of drug-likeness (QED) is 0.924. The van der Waals surface area contributed by atoms with Gasteiger partial charge in [-0.15, -0.1) is 0 Å². The second-order valence-electron chi connectivity index (χ2n) is 5.55. The third-order valence-corrected chi connectivity index (χ3v) is 4.19. The lowest BCUT2D eigenvalue weighted by Gasteiger charge is -2.24. The number of hydrogen-bond donors (Lipinski definition) is 1. The molecule has 2 N–H and O–H groups in total. The minimum absolute atomic E-state index is 0.394. The molecule has 1 aliphatic carbocycles. The van der Waals surface area contributed by atoms with Crippen LogP contribution in [-0.2, 0) is 6.42 Å². The van der Waals surface area contributed by atoms with Crippen molar-refractivity contribution in [3.05, 3.63) is 29.5 Å². The molecule has 0 aliphatic heterocycles. The Labute approximate surface area is 118 Å². The van der Waals surface area contributed by atoms with Crippen LogP contribution in [0.15, 0.2) is 22.7 Å². The van der Waals surface area contributed by atoms with Crippen molar-refractivity contribution in [3.63, 3.8) is 0 Å². The maximum atomic E-state index is 5.97. The molecule has 2 aromatic rings. The van der Waals surface area contributed by atoms with Crippen molar-refractivity contribution in [2.45, 2.75) is 32.6 Å². The maximum absolute atomic E-state index is 5.97. The molecule has 1 aliphatic rings. The van der Waals surface area contributed by atoms with E-state index >= 15 is 0 Å². The second-order valence-corrected chi connectivity index (χ2v) is 5.55. The lowest BCUT2D eigenvalue weighted by molar-refractivity contribution is 0.306. The van der Waals surface area contributed by atoms with E-state index in [4.69, 9.17) is 15.0 Å². The summed E-state index contributed by atoms with van der Waals surface area (Å²) in [5.41, 5.74) is 9.98. The molecule has 1 aromatic heterocycles. The molecule has 106 valence electrons. The predicted octanol–water partition coefficient (Wildman–Crippen LogP) is 3.58. The van der Waals surface area contributed by atoms with Gasteiger partial charge in [0.1, 0.15) is 5.75 Å². The van der Waals surface area contributed by atoms with Crippen LogP contribution >= 0.6 is 0 Å². The summed E-state index contributed by atoms with van der Waals surface area (Å²) >= 11 is 0. The first-order valence-electron chi connectivity index (χ1n) is 7.08. The van der Waals surface area contributed by atoms with Crippen molar-refractivity contribution in [2.75, 3.05) is 12.8 Å². The molecule has 1 aromatic carbocycles. The average molecular weight is 272 g/mol. The van der Waals surface area contributed by atoms with Crippen molar-refractivity contribution in [3.8, 4) is 16.9 Å². The van der Waals surface area contributed by atoms with Crippen LogP contribution < -0.4 is 10.5 Å². The van der Waals surface area contributed by atoms with Crippen LogP contribution in [0.25, 0.3) is 11.1 Å². The highest BCUT2D eigenvalue weighted by Gasteiger charge is 2.23. The van der Waals surface area contributed by atoms with Gasteiger partial charge < -0.3 is 15.0 Å². The summed E-state index contributed by atoms with van der Waals surface area (Å²) in [6.45, 7) is 2.02. The van der Waals surface area contributed by atoms with E-state index in [1.54, 1.807) is 7.11 Å². The van der Waals surface area contributed by atoms with Gasteiger partial charge in [-0.25, -0.2) is 0 Å². The molecule has 0 amide bonds. The minimum atomic E-state index is 0.394. The lowest BCUT2D eigenvalue weighted by Crippen LogP contribution is -2.14. The second kappa shape index (κ2) is 5.19. The zero-order valence-corrected chi connectivity index (χ0v) is 12.0. The van der Waals surface area contributed by atoms with Crippen LogP contribution in [0.5, 0.6) is 5.75 Å².